The van der Waals surface area contributed by atoms with Crippen molar-refractivity contribution in [2.24, 2.45) is 0 Å². The molecule has 0 unspecified atom stereocenters. The van der Waals surface area contributed by atoms with Crippen LogP contribution in [0.3, 0.4) is 0 Å². The van der Waals surface area contributed by atoms with Gasteiger partial charge in [0.2, 0.25) is 5.78 Å². The van der Waals surface area contributed by atoms with Crippen LogP contribution in [0.5, 0.6) is 0 Å². The molecule has 0 bridgehead atoms. The summed E-state index contributed by atoms with van der Waals surface area (Å²) in [5.41, 5.74) is 0. The monoisotopic (exact) mass is 172 g/mol. The van der Waals surface area contributed by atoms with E-state index in [1.807, 2.05) is 0 Å². The Balaban J connectivity index is 3.71. The molecule has 0 aliphatic rings. The Morgan fingerprint density at radius 2 is 2.17 bits per heavy atom. The predicted molar refractivity (Wildman–Crippen MR) is 38.0 cm³/mol. The SMILES string of the molecule is N#C/C=C/N/C=C/C(=O)C(F)F. The van der Waals surface area contributed by atoms with E-state index in [9.17, 15) is 13.6 Å². The minimum atomic E-state index is -2.98. The van der Waals surface area contributed by atoms with Crippen molar-refractivity contribution in [2.75, 3.05) is 0 Å². The van der Waals surface area contributed by atoms with Gasteiger partial charge in [-0.25, -0.2) is 8.78 Å². The summed E-state index contributed by atoms with van der Waals surface area (Å²) < 4.78 is 23.0. The molecule has 0 radical (unpaired) electrons. The maximum atomic E-state index is 11.5. The lowest BCUT2D eigenvalue weighted by atomic mass is 10.4. The molecular weight excluding hydrogens is 166 g/mol. The van der Waals surface area contributed by atoms with Gasteiger partial charge >= 0.3 is 0 Å². The summed E-state index contributed by atoms with van der Waals surface area (Å²) in [5.74, 6) is -1.27. The molecule has 0 aromatic heterocycles. The lowest BCUT2D eigenvalue weighted by Crippen LogP contribution is -2.06. The van der Waals surface area contributed by atoms with Crippen LogP contribution in [-0.4, -0.2) is 12.2 Å². The average molecular weight is 172 g/mol. The Bertz CT molecular complexity index is 240. The first-order valence-corrected chi connectivity index (χ1v) is 2.97. The van der Waals surface area contributed by atoms with Crippen molar-refractivity contribution in [1.82, 2.24) is 5.32 Å². The second-order valence-corrected chi connectivity index (χ2v) is 1.67. The Morgan fingerprint density at radius 1 is 1.50 bits per heavy atom. The summed E-state index contributed by atoms with van der Waals surface area (Å²) in [6.45, 7) is 0. The molecular formula is C7H6F2N2O. The van der Waals surface area contributed by atoms with Gasteiger partial charge in [-0.05, 0) is 0 Å². The van der Waals surface area contributed by atoms with Crippen LogP contribution in [0.4, 0.5) is 8.78 Å². The van der Waals surface area contributed by atoms with Crippen molar-refractivity contribution in [1.29, 1.82) is 5.26 Å². The number of carbonyl (C=O) groups excluding carboxylic acids is 1. The highest BCUT2D eigenvalue weighted by molar-refractivity contribution is 5.92. The van der Waals surface area contributed by atoms with Crippen LogP contribution in [0.2, 0.25) is 0 Å². The van der Waals surface area contributed by atoms with Crippen LogP contribution in [0.25, 0.3) is 0 Å². The quantitative estimate of drug-likeness (QED) is 0.507. The Labute approximate surface area is 68.0 Å². The van der Waals surface area contributed by atoms with E-state index in [0.717, 1.165) is 12.3 Å². The van der Waals surface area contributed by atoms with Crippen molar-refractivity contribution in [3.05, 3.63) is 24.6 Å². The summed E-state index contributed by atoms with van der Waals surface area (Å²) in [6, 6.07) is 1.67. The topological polar surface area (TPSA) is 52.9 Å². The molecule has 0 spiro atoms. The number of nitriles is 1. The zero-order valence-corrected chi connectivity index (χ0v) is 6.00. The van der Waals surface area contributed by atoms with E-state index in [2.05, 4.69) is 5.32 Å². The van der Waals surface area contributed by atoms with Crippen molar-refractivity contribution >= 4 is 5.78 Å². The fourth-order valence-corrected chi connectivity index (χ4v) is 0.344. The first-order chi connectivity index (χ1) is 5.68. The van der Waals surface area contributed by atoms with Crippen LogP contribution in [-0.2, 0) is 4.79 Å². The molecule has 64 valence electrons. The molecule has 0 saturated heterocycles. The predicted octanol–water partition coefficient (Wildman–Crippen LogP) is 0.961. The number of halogens is 2. The summed E-state index contributed by atoms with van der Waals surface area (Å²) >= 11 is 0. The van der Waals surface area contributed by atoms with Gasteiger partial charge < -0.3 is 5.32 Å². The molecule has 1 N–H and O–H groups in total. The first-order valence-electron chi connectivity index (χ1n) is 2.97. The normalized spacial score (nSPS) is 10.8. The zero-order valence-electron chi connectivity index (χ0n) is 6.00. The zero-order chi connectivity index (χ0) is 9.40. The standard InChI is InChI=1S/C7H6F2N2O/c8-7(9)6(12)2-5-11-4-1-3-10/h1-2,4-5,7,11H/b4-1+,5-2+. The van der Waals surface area contributed by atoms with Crippen molar-refractivity contribution in [3.63, 3.8) is 0 Å². The van der Waals surface area contributed by atoms with E-state index in [-0.39, 0.29) is 0 Å². The number of alkyl halides is 2. The van der Waals surface area contributed by atoms with E-state index in [1.165, 1.54) is 6.20 Å². The molecule has 0 saturated carbocycles. The number of nitrogens with zero attached hydrogens (tertiary/aromatic N) is 1. The smallest absolute Gasteiger partial charge is 0.299 e. The fraction of sp³-hybridized carbons (Fsp3) is 0.143. The second kappa shape index (κ2) is 6.04. The van der Waals surface area contributed by atoms with Gasteiger partial charge in [0.15, 0.2) is 0 Å². The number of hydrogen-bond donors (Lipinski definition) is 1. The molecule has 3 nitrogen and oxygen atoms in total. The van der Waals surface area contributed by atoms with E-state index in [4.69, 9.17) is 5.26 Å². The van der Waals surface area contributed by atoms with E-state index in [1.54, 1.807) is 6.07 Å². The maximum absolute atomic E-state index is 11.5. The van der Waals surface area contributed by atoms with Crippen molar-refractivity contribution < 1.29 is 13.6 Å². The van der Waals surface area contributed by atoms with Gasteiger partial charge in [-0.1, -0.05) is 0 Å². The minimum Gasteiger partial charge on any atom is -0.367 e. The number of hydrogen-bond acceptors (Lipinski definition) is 3. The number of ketones is 1. The summed E-state index contributed by atoms with van der Waals surface area (Å²) in [4.78, 5) is 10.2. The van der Waals surface area contributed by atoms with Gasteiger partial charge in [0, 0.05) is 24.6 Å². The molecule has 0 atom stereocenters. The maximum Gasteiger partial charge on any atom is 0.299 e. The van der Waals surface area contributed by atoms with Gasteiger partial charge in [0.1, 0.15) is 0 Å². The molecule has 0 aromatic carbocycles. The van der Waals surface area contributed by atoms with Crippen LogP contribution in [0.1, 0.15) is 0 Å². The van der Waals surface area contributed by atoms with E-state index >= 15 is 0 Å². The molecule has 0 heterocycles. The summed E-state index contributed by atoms with van der Waals surface area (Å²) in [5, 5.41) is 10.3. The van der Waals surface area contributed by atoms with Crippen LogP contribution in [0.15, 0.2) is 24.6 Å². The third kappa shape index (κ3) is 5.11. The minimum absolute atomic E-state index is 0.701. The summed E-state index contributed by atoms with van der Waals surface area (Å²) in [6.07, 6.45) is 1.07. The Kier molecular flexibility index (Phi) is 5.18. The lowest BCUT2D eigenvalue weighted by molar-refractivity contribution is -0.124. The van der Waals surface area contributed by atoms with Gasteiger partial charge in [-0.15, -0.1) is 0 Å². The summed E-state index contributed by atoms with van der Waals surface area (Å²) in [7, 11) is 0. The number of nitrogens with one attached hydrogen (secondary N) is 1. The number of allylic oxidation sites excluding steroid dienone is 2. The van der Waals surface area contributed by atoms with Crippen molar-refractivity contribution in [2.45, 2.75) is 6.43 Å². The lowest BCUT2D eigenvalue weighted by Gasteiger charge is -1.89. The van der Waals surface area contributed by atoms with Crippen LogP contribution >= 0.6 is 0 Å². The average Bonchev–Trinajstić information content (AvgIpc) is 2.03. The van der Waals surface area contributed by atoms with E-state index in [0.29, 0.717) is 6.08 Å². The molecule has 0 aliphatic carbocycles. The highest BCUT2D eigenvalue weighted by atomic mass is 19.3. The number of carbonyl (C=O) groups is 1. The van der Waals surface area contributed by atoms with Crippen LogP contribution < -0.4 is 5.32 Å². The highest BCUT2D eigenvalue weighted by Gasteiger charge is 2.09. The molecule has 0 aliphatic heterocycles. The molecule has 0 amide bonds. The van der Waals surface area contributed by atoms with Gasteiger partial charge in [0.25, 0.3) is 6.43 Å². The largest absolute Gasteiger partial charge is 0.367 e. The molecule has 12 heavy (non-hydrogen) atoms. The van der Waals surface area contributed by atoms with Crippen LogP contribution in [0, 0.1) is 11.3 Å². The number of rotatable bonds is 4. The van der Waals surface area contributed by atoms with Crippen molar-refractivity contribution in [3.8, 4) is 6.07 Å². The molecule has 0 fully saturated rings. The van der Waals surface area contributed by atoms with Gasteiger partial charge in [0.05, 0.1) is 6.07 Å². The molecule has 5 heteroatoms. The molecule has 0 aromatic rings. The second-order valence-electron chi connectivity index (χ2n) is 1.67. The van der Waals surface area contributed by atoms with Gasteiger partial charge in [-0.2, -0.15) is 5.26 Å². The Hall–Kier alpha value is -1.70. The van der Waals surface area contributed by atoms with E-state index < -0.39 is 12.2 Å². The fourth-order valence-electron chi connectivity index (χ4n) is 0.344. The highest BCUT2D eigenvalue weighted by Crippen LogP contribution is 1.93. The third-order valence-corrected chi connectivity index (χ3v) is 0.813. The first kappa shape index (κ1) is 10.3. The third-order valence-electron chi connectivity index (χ3n) is 0.813. The van der Waals surface area contributed by atoms with Gasteiger partial charge in [-0.3, -0.25) is 4.79 Å². The Morgan fingerprint density at radius 3 is 2.67 bits per heavy atom. The molecule has 0 rings (SSSR count).